The summed E-state index contributed by atoms with van der Waals surface area (Å²) in [7, 11) is 0. The van der Waals surface area contributed by atoms with Crippen LogP contribution in [0.15, 0.2) is 5.18 Å². The second kappa shape index (κ2) is 3.35. The molecule has 0 aromatic heterocycles. The normalized spacial score (nSPS) is 37.9. The van der Waals surface area contributed by atoms with Crippen molar-refractivity contribution in [3.05, 3.63) is 4.91 Å². The summed E-state index contributed by atoms with van der Waals surface area (Å²) in [6, 6.07) is -0.0431. The van der Waals surface area contributed by atoms with Gasteiger partial charge in [-0.25, -0.2) is 0 Å². The van der Waals surface area contributed by atoms with Crippen molar-refractivity contribution in [1.29, 1.82) is 0 Å². The van der Waals surface area contributed by atoms with E-state index < -0.39 is 0 Å². The Balaban J connectivity index is 2.01. The maximum absolute atomic E-state index is 10.4. The number of hydrogen-bond donors (Lipinski definition) is 0. The van der Waals surface area contributed by atoms with Crippen molar-refractivity contribution in [2.45, 2.75) is 38.0 Å². The molecular weight excluding hydrogens is 170 g/mol. The third-order valence-corrected chi connectivity index (χ3v) is 3.06. The molecule has 74 valence electrons. The molecule has 13 heavy (non-hydrogen) atoms. The van der Waals surface area contributed by atoms with Gasteiger partial charge in [-0.2, -0.15) is 4.91 Å². The van der Waals surface area contributed by atoms with Gasteiger partial charge in [0.25, 0.3) is 0 Å². The summed E-state index contributed by atoms with van der Waals surface area (Å²) in [5.41, 5.74) is 0. The zero-order valence-corrected chi connectivity index (χ0v) is 7.86. The lowest BCUT2D eigenvalue weighted by molar-refractivity contribution is -0.187. The first kappa shape index (κ1) is 9.09. The minimum atomic E-state index is -0.374. The highest BCUT2D eigenvalue weighted by Crippen LogP contribution is 2.39. The molecule has 2 unspecified atom stereocenters. The van der Waals surface area contributed by atoms with Gasteiger partial charge >= 0.3 is 0 Å². The van der Waals surface area contributed by atoms with Gasteiger partial charge in [0.15, 0.2) is 5.79 Å². The fraction of sp³-hybridized carbons (Fsp3) is 1.00. The summed E-state index contributed by atoms with van der Waals surface area (Å²) in [6.07, 6.45) is 2.42. The number of nitrogens with zero attached hydrogens (tertiary/aromatic N) is 1. The lowest BCUT2D eigenvalue weighted by Gasteiger charge is -2.36. The molecule has 0 radical (unpaired) electrons. The Labute approximate surface area is 77.6 Å². The molecule has 2 fully saturated rings. The predicted molar refractivity (Wildman–Crippen MR) is 47.2 cm³/mol. The van der Waals surface area contributed by atoms with Gasteiger partial charge in [0, 0.05) is 12.8 Å². The first-order valence-corrected chi connectivity index (χ1v) is 4.86. The van der Waals surface area contributed by atoms with Gasteiger partial charge in [-0.15, -0.1) is 0 Å². The van der Waals surface area contributed by atoms with Gasteiger partial charge in [-0.3, -0.25) is 0 Å². The van der Waals surface area contributed by atoms with Crippen LogP contribution in [0.1, 0.15) is 26.2 Å². The van der Waals surface area contributed by atoms with E-state index in [1.165, 1.54) is 0 Å². The van der Waals surface area contributed by atoms with Crippen LogP contribution in [0.2, 0.25) is 0 Å². The maximum Gasteiger partial charge on any atom is 0.168 e. The van der Waals surface area contributed by atoms with Crippen LogP contribution in [0.5, 0.6) is 0 Å². The van der Waals surface area contributed by atoms with Crippen molar-refractivity contribution in [2.24, 2.45) is 11.1 Å². The molecule has 2 aliphatic rings. The summed E-state index contributed by atoms with van der Waals surface area (Å²) in [5, 5.41) is 3.12. The minimum Gasteiger partial charge on any atom is -0.348 e. The van der Waals surface area contributed by atoms with Crippen molar-refractivity contribution in [2.75, 3.05) is 13.2 Å². The molecule has 0 N–H and O–H groups in total. The number of nitroso groups, excluding NO2 is 1. The van der Waals surface area contributed by atoms with Gasteiger partial charge in [0.05, 0.1) is 19.3 Å². The van der Waals surface area contributed by atoms with Crippen LogP contribution < -0.4 is 0 Å². The van der Waals surface area contributed by atoms with Crippen LogP contribution in [-0.2, 0) is 9.47 Å². The summed E-state index contributed by atoms with van der Waals surface area (Å²) in [6.45, 7) is 3.41. The summed E-state index contributed by atoms with van der Waals surface area (Å²) < 4.78 is 11.2. The van der Waals surface area contributed by atoms with E-state index in [-0.39, 0.29) is 17.7 Å². The maximum atomic E-state index is 10.4. The van der Waals surface area contributed by atoms with E-state index in [1.54, 1.807) is 0 Å². The number of hydrogen-bond acceptors (Lipinski definition) is 4. The average molecular weight is 185 g/mol. The average Bonchev–Trinajstić information content (AvgIpc) is 2.54. The molecule has 0 aromatic carbocycles. The van der Waals surface area contributed by atoms with E-state index in [0.717, 1.165) is 19.3 Å². The number of rotatable bonds is 1. The second-order valence-electron chi connectivity index (χ2n) is 4.00. The van der Waals surface area contributed by atoms with E-state index in [9.17, 15) is 4.91 Å². The topological polar surface area (TPSA) is 47.9 Å². The highest BCUT2D eigenvalue weighted by Gasteiger charge is 2.43. The Hall–Kier alpha value is -0.480. The summed E-state index contributed by atoms with van der Waals surface area (Å²) >= 11 is 0. The van der Waals surface area contributed by atoms with Gasteiger partial charge in [-0.1, -0.05) is 12.1 Å². The Bertz CT molecular complexity index is 201. The smallest absolute Gasteiger partial charge is 0.168 e. The van der Waals surface area contributed by atoms with Crippen LogP contribution in [0.3, 0.4) is 0 Å². The summed E-state index contributed by atoms with van der Waals surface area (Å²) in [4.78, 5) is 10.4. The van der Waals surface area contributed by atoms with Crippen LogP contribution >= 0.6 is 0 Å². The Morgan fingerprint density at radius 3 is 2.62 bits per heavy atom. The fourth-order valence-corrected chi connectivity index (χ4v) is 2.30. The van der Waals surface area contributed by atoms with Crippen LogP contribution in [0, 0.1) is 10.8 Å². The molecule has 1 aliphatic heterocycles. The van der Waals surface area contributed by atoms with Gasteiger partial charge in [0.1, 0.15) is 0 Å². The van der Waals surface area contributed by atoms with E-state index in [2.05, 4.69) is 5.18 Å². The van der Waals surface area contributed by atoms with Crippen molar-refractivity contribution in [3.8, 4) is 0 Å². The molecule has 2 atom stereocenters. The lowest BCUT2D eigenvalue weighted by atomic mass is 9.82. The molecule has 1 heterocycles. The minimum absolute atomic E-state index is 0.0431. The van der Waals surface area contributed by atoms with Gasteiger partial charge in [0.2, 0.25) is 0 Å². The monoisotopic (exact) mass is 185 g/mol. The molecule has 1 aliphatic carbocycles. The van der Waals surface area contributed by atoms with Gasteiger partial charge in [-0.05, 0) is 12.3 Å². The molecule has 4 heteroatoms. The first-order valence-electron chi connectivity index (χ1n) is 4.86. The molecule has 1 spiro atoms. The molecule has 0 amide bonds. The Kier molecular flexibility index (Phi) is 2.34. The fourth-order valence-electron chi connectivity index (χ4n) is 2.30. The lowest BCUT2D eigenvalue weighted by Crippen LogP contribution is -2.40. The van der Waals surface area contributed by atoms with Crippen molar-refractivity contribution in [1.82, 2.24) is 0 Å². The van der Waals surface area contributed by atoms with Crippen LogP contribution in [-0.4, -0.2) is 25.0 Å². The highest BCUT2D eigenvalue weighted by atomic mass is 16.7. The van der Waals surface area contributed by atoms with Gasteiger partial charge < -0.3 is 9.47 Å². The van der Waals surface area contributed by atoms with Crippen molar-refractivity contribution < 1.29 is 9.47 Å². The van der Waals surface area contributed by atoms with Crippen molar-refractivity contribution >= 4 is 0 Å². The Morgan fingerprint density at radius 2 is 2.08 bits per heavy atom. The largest absolute Gasteiger partial charge is 0.348 e. The molecule has 1 saturated heterocycles. The van der Waals surface area contributed by atoms with Crippen molar-refractivity contribution in [3.63, 3.8) is 0 Å². The quantitative estimate of drug-likeness (QED) is 0.584. The van der Waals surface area contributed by atoms with E-state index in [1.807, 2.05) is 6.92 Å². The standard InChI is InChI=1S/C9H15NO3/c1-7-6-9(12-4-5-13-9)3-2-8(7)10-11/h7-8H,2-6H2,1H3. The molecular formula is C9H15NO3. The van der Waals surface area contributed by atoms with Crippen LogP contribution in [0.25, 0.3) is 0 Å². The first-order chi connectivity index (χ1) is 6.26. The number of ether oxygens (including phenoxy) is 2. The summed E-state index contributed by atoms with van der Waals surface area (Å²) in [5.74, 6) is -0.0926. The van der Waals surface area contributed by atoms with E-state index in [0.29, 0.717) is 13.2 Å². The molecule has 1 saturated carbocycles. The Morgan fingerprint density at radius 1 is 1.38 bits per heavy atom. The molecule has 2 rings (SSSR count). The predicted octanol–water partition coefficient (Wildman–Crippen LogP) is 1.68. The molecule has 0 aromatic rings. The third-order valence-electron chi connectivity index (χ3n) is 3.06. The third kappa shape index (κ3) is 1.60. The van der Waals surface area contributed by atoms with E-state index in [4.69, 9.17) is 9.47 Å². The zero-order chi connectivity index (χ0) is 9.31. The second-order valence-corrected chi connectivity index (χ2v) is 4.00. The van der Waals surface area contributed by atoms with Crippen LogP contribution in [0.4, 0.5) is 0 Å². The SMILES string of the molecule is CC1CC2(CCC1N=O)OCCO2. The molecule has 0 bridgehead atoms. The highest BCUT2D eigenvalue weighted by molar-refractivity contribution is 4.89. The zero-order valence-electron chi connectivity index (χ0n) is 7.86. The van der Waals surface area contributed by atoms with E-state index >= 15 is 0 Å². The molecule has 4 nitrogen and oxygen atoms in total.